The Morgan fingerprint density at radius 2 is 2.10 bits per heavy atom. The molecule has 3 rings (SSSR count). The molecule has 0 aliphatic carbocycles. The molecule has 1 amide bonds. The predicted octanol–water partition coefficient (Wildman–Crippen LogP) is 1.02. The number of nitrogens with zero attached hydrogens (tertiary/aromatic N) is 4. The van der Waals surface area contributed by atoms with Crippen molar-refractivity contribution in [2.24, 2.45) is 5.73 Å². The number of hydrogen-bond acceptors (Lipinski definition) is 7. The molecule has 2 aromatic heterocycles. The van der Waals surface area contributed by atoms with Gasteiger partial charge in [-0.1, -0.05) is 0 Å². The lowest BCUT2D eigenvalue weighted by molar-refractivity contribution is 0.0741. The van der Waals surface area contributed by atoms with Crippen molar-refractivity contribution in [1.82, 2.24) is 14.9 Å². The highest BCUT2D eigenvalue weighted by atomic mass is 32.1. The van der Waals surface area contributed by atoms with Crippen LogP contribution in [-0.4, -0.2) is 47.0 Å². The molecule has 20 heavy (non-hydrogen) atoms. The van der Waals surface area contributed by atoms with E-state index in [0.29, 0.717) is 25.3 Å². The van der Waals surface area contributed by atoms with Gasteiger partial charge < -0.3 is 15.5 Å². The summed E-state index contributed by atoms with van der Waals surface area (Å²) in [6, 6.07) is 0. The Labute approximate surface area is 124 Å². The number of rotatable bonds is 3. The summed E-state index contributed by atoms with van der Waals surface area (Å²) in [4.78, 5) is 24.9. The van der Waals surface area contributed by atoms with Gasteiger partial charge in [-0.05, 0) is 0 Å². The molecule has 0 atom stereocenters. The van der Waals surface area contributed by atoms with E-state index in [0.717, 1.165) is 23.2 Å². The van der Waals surface area contributed by atoms with Crippen LogP contribution in [0.3, 0.4) is 0 Å². The Morgan fingerprint density at radius 1 is 1.30 bits per heavy atom. The Morgan fingerprint density at radius 3 is 2.70 bits per heavy atom. The maximum atomic E-state index is 12.3. The first-order valence-electron chi connectivity index (χ1n) is 6.36. The number of piperazine rings is 1. The third-order valence-corrected chi connectivity index (χ3v) is 4.91. The smallest absolute Gasteiger partial charge is 0.273 e. The van der Waals surface area contributed by atoms with E-state index in [1.807, 2.05) is 10.3 Å². The Bertz CT molecular complexity index is 574. The van der Waals surface area contributed by atoms with E-state index in [1.54, 1.807) is 22.9 Å². The third kappa shape index (κ3) is 2.67. The van der Waals surface area contributed by atoms with Gasteiger partial charge in [-0.2, -0.15) is 0 Å². The largest absolute Gasteiger partial charge is 0.345 e. The fraction of sp³-hybridized carbons (Fsp3) is 0.417. The molecule has 0 saturated carbocycles. The molecule has 6 nitrogen and oxygen atoms in total. The zero-order chi connectivity index (χ0) is 13.9. The molecule has 1 fully saturated rings. The first-order chi connectivity index (χ1) is 9.78. The Balaban J connectivity index is 1.61. The van der Waals surface area contributed by atoms with Crippen molar-refractivity contribution in [3.05, 3.63) is 27.7 Å². The van der Waals surface area contributed by atoms with Crippen molar-refractivity contribution in [2.45, 2.75) is 6.54 Å². The summed E-state index contributed by atoms with van der Waals surface area (Å²) in [5.74, 6) is -0.000242. The number of aromatic nitrogens is 2. The number of carbonyl (C=O) groups is 1. The second-order valence-corrected chi connectivity index (χ2v) is 6.24. The minimum Gasteiger partial charge on any atom is -0.345 e. The highest BCUT2D eigenvalue weighted by molar-refractivity contribution is 7.13. The van der Waals surface area contributed by atoms with Crippen LogP contribution in [0.5, 0.6) is 0 Å². The van der Waals surface area contributed by atoms with E-state index in [-0.39, 0.29) is 5.91 Å². The van der Waals surface area contributed by atoms with Crippen molar-refractivity contribution < 1.29 is 4.79 Å². The molecule has 8 heteroatoms. The second-order valence-electron chi connectivity index (χ2n) is 4.42. The van der Waals surface area contributed by atoms with Gasteiger partial charge in [0, 0.05) is 49.7 Å². The summed E-state index contributed by atoms with van der Waals surface area (Å²) < 4.78 is 0. The molecule has 3 heterocycles. The lowest BCUT2D eigenvalue weighted by Crippen LogP contribution is -2.48. The van der Waals surface area contributed by atoms with E-state index < -0.39 is 0 Å². The van der Waals surface area contributed by atoms with Crippen LogP contribution in [0.15, 0.2) is 17.0 Å². The van der Waals surface area contributed by atoms with E-state index >= 15 is 0 Å². The van der Waals surface area contributed by atoms with E-state index in [4.69, 9.17) is 5.73 Å². The maximum absolute atomic E-state index is 12.3. The zero-order valence-corrected chi connectivity index (χ0v) is 12.5. The fourth-order valence-electron chi connectivity index (χ4n) is 2.14. The summed E-state index contributed by atoms with van der Waals surface area (Å²) in [6.45, 7) is 3.41. The summed E-state index contributed by atoms with van der Waals surface area (Å²) in [7, 11) is 0. The Hall–Kier alpha value is -1.51. The van der Waals surface area contributed by atoms with E-state index in [9.17, 15) is 4.79 Å². The molecular weight excluding hydrogens is 294 g/mol. The van der Waals surface area contributed by atoms with Gasteiger partial charge in [0.05, 0.1) is 0 Å². The number of carbonyl (C=O) groups excluding carboxylic acids is 1. The van der Waals surface area contributed by atoms with Gasteiger partial charge in [0.25, 0.3) is 5.91 Å². The second kappa shape index (κ2) is 5.86. The van der Waals surface area contributed by atoms with Crippen LogP contribution in [-0.2, 0) is 6.54 Å². The van der Waals surface area contributed by atoms with Crippen molar-refractivity contribution in [3.8, 4) is 0 Å². The Kier molecular flexibility index (Phi) is 3.95. The minimum atomic E-state index is -0.000242. The van der Waals surface area contributed by atoms with Crippen LogP contribution in [0.4, 0.5) is 5.13 Å². The lowest BCUT2D eigenvalue weighted by Gasteiger charge is -2.34. The van der Waals surface area contributed by atoms with Crippen LogP contribution in [0.2, 0.25) is 0 Å². The molecule has 0 unspecified atom stereocenters. The molecule has 1 aliphatic heterocycles. The summed E-state index contributed by atoms with van der Waals surface area (Å²) >= 11 is 3.07. The van der Waals surface area contributed by atoms with Gasteiger partial charge >= 0.3 is 0 Å². The molecule has 0 spiro atoms. The molecule has 1 saturated heterocycles. The van der Waals surface area contributed by atoms with Crippen molar-refractivity contribution in [2.75, 3.05) is 31.1 Å². The van der Waals surface area contributed by atoms with Crippen molar-refractivity contribution in [1.29, 1.82) is 0 Å². The van der Waals surface area contributed by atoms with Gasteiger partial charge in [-0.25, -0.2) is 9.97 Å². The van der Waals surface area contributed by atoms with E-state index in [2.05, 4.69) is 14.9 Å². The number of hydrogen-bond donors (Lipinski definition) is 1. The molecular formula is C12H15N5OS2. The molecule has 1 aliphatic rings. The number of amides is 1. The third-order valence-electron chi connectivity index (χ3n) is 3.20. The van der Waals surface area contributed by atoms with Crippen LogP contribution < -0.4 is 10.6 Å². The maximum Gasteiger partial charge on any atom is 0.273 e. The van der Waals surface area contributed by atoms with Gasteiger partial charge in [0.1, 0.15) is 10.7 Å². The summed E-state index contributed by atoms with van der Waals surface area (Å²) in [6.07, 6.45) is 1.81. The van der Waals surface area contributed by atoms with E-state index in [1.165, 1.54) is 11.3 Å². The van der Waals surface area contributed by atoms with Crippen LogP contribution in [0.1, 0.15) is 15.5 Å². The van der Waals surface area contributed by atoms with Gasteiger partial charge in [-0.15, -0.1) is 22.7 Å². The standard InChI is InChI=1S/C12H15N5OS2/c13-7-10-15-9(8-20-10)11(18)16-2-4-17(5-3-16)12-14-1-6-19-12/h1,6,8H,2-5,7,13H2. The number of thiazole rings is 2. The van der Waals surface area contributed by atoms with Gasteiger partial charge in [0.2, 0.25) is 0 Å². The fourth-order valence-corrected chi connectivity index (χ4v) is 3.48. The molecule has 0 radical (unpaired) electrons. The highest BCUT2D eigenvalue weighted by Gasteiger charge is 2.24. The van der Waals surface area contributed by atoms with Crippen molar-refractivity contribution in [3.63, 3.8) is 0 Å². The van der Waals surface area contributed by atoms with Gasteiger partial charge in [0.15, 0.2) is 5.13 Å². The summed E-state index contributed by atoms with van der Waals surface area (Å²) in [5.41, 5.74) is 6.04. The SMILES string of the molecule is NCc1nc(C(=O)N2CCN(c3nccs3)CC2)cs1. The predicted molar refractivity (Wildman–Crippen MR) is 80.2 cm³/mol. The monoisotopic (exact) mass is 309 g/mol. The lowest BCUT2D eigenvalue weighted by atomic mass is 10.3. The number of nitrogens with two attached hydrogens (primary N) is 1. The first kappa shape index (κ1) is 13.5. The average molecular weight is 309 g/mol. The van der Waals surface area contributed by atoms with Crippen LogP contribution in [0.25, 0.3) is 0 Å². The molecule has 0 aromatic carbocycles. The first-order valence-corrected chi connectivity index (χ1v) is 8.12. The minimum absolute atomic E-state index is 0.000242. The summed E-state index contributed by atoms with van der Waals surface area (Å²) in [5, 5.41) is 5.58. The van der Waals surface area contributed by atoms with Crippen LogP contribution >= 0.6 is 22.7 Å². The zero-order valence-electron chi connectivity index (χ0n) is 10.9. The average Bonchev–Trinajstić information content (AvgIpc) is 3.18. The quantitative estimate of drug-likeness (QED) is 0.916. The van der Waals surface area contributed by atoms with Crippen molar-refractivity contribution >= 4 is 33.7 Å². The topological polar surface area (TPSA) is 75.3 Å². The number of anilines is 1. The molecule has 2 N–H and O–H groups in total. The molecule has 2 aromatic rings. The van der Waals surface area contributed by atoms with Gasteiger partial charge in [-0.3, -0.25) is 4.79 Å². The normalized spacial score (nSPS) is 15.7. The molecule has 106 valence electrons. The molecule has 0 bridgehead atoms. The van der Waals surface area contributed by atoms with Crippen LogP contribution in [0, 0.1) is 0 Å². The highest BCUT2D eigenvalue weighted by Crippen LogP contribution is 2.20.